The first-order valence-electron chi connectivity index (χ1n) is 12.0. The van der Waals surface area contributed by atoms with Gasteiger partial charge < -0.3 is 20.7 Å². The molecule has 5 amide bonds. The van der Waals surface area contributed by atoms with E-state index in [1.165, 1.54) is 6.08 Å². The molecule has 3 N–H and O–H groups in total. The summed E-state index contributed by atoms with van der Waals surface area (Å²) in [6.07, 6.45) is 1.49. The summed E-state index contributed by atoms with van der Waals surface area (Å²) in [5.74, 6) is -0.997. The standard InChI is InChI=1S/C29H28N4O5/c1-18-11-12-22(13-20(18)3)30-27(35)17-38-23-9-6-8-21(14-23)15-25-28(36)33(29(37)32-25)16-26(34)31-24-10-5-4-7-19(24)2/h4-15H,16-17H2,1-3H3,(H,30,35)(H,31,34)(H,32,37)/b25-15-. The number of anilines is 2. The van der Waals surface area contributed by atoms with Gasteiger partial charge in [-0.15, -0.1) is 0 Å². The number of amides is 5. The molecule has 1 aliphatic heterocycles. The van der Waals surface area contributed by atoms with Crippen molar-refractivity contribution < 1.29 is 23.9 Å². The predicted molar refractivity (Wildman–Crippen MR) is 145 cm³/mol. The number of carbonyl (C=O) groups excluding carboxylic acids is 4. The highest BCUT2D eigenvalue weighted by Gasteiger charge is 2.35. The predicted octanol–water partition coefficient (Wildman–Crippen LogP) is 4.16. The maximum Gasteiger partial charge on any atom is 0.329 e. The lowest BCUT2D eigenvalue weighted by Crippen LogP contribution is -2.38. The van der Waals surface area contributed by atoms with Crippen molar-refractivity contribution in [3.05, 3.63) is 94.7 Å². The van der Waals surface area contributed by atoms with Gasteiger partial charge >= 0.3 is 6.03 Å². The number of rotatable bonds is 8. The Morgan fingerprint density at radius 1 is 0.868 bits per heavy atom. The molecular weight excluding hydrogens is 484 g/mol. The zero-order chi connectivity index (χ0) is 27.2. The van der Waals surface area contributed by atoms with Crippen molar-refractivity contribution in [1.29, 1.82) is 0 Å². The van der Waals surface area contributed by atoms with Crippen LogP contribution in [-0.2, 0) is 14.4 Å². The van der Waals surface area contributed by atoms with Crippen LogP contribution in [-0.4, -0.2) is 41.8 Å². The summed E-state index contributed by atoms with van der Waals surface area (Å²) in [5.41, 5.74) is 4.98. The third-order valence-electron chi connectivity index (χ3n) is 6.01. The Balaban J connectivity index is 1.35. The summed E-state index contributed by atoms with van der Waals surface area (Å²) < 4.78 is 5.61. The lowest BCUT2D eigenvalue weighted by Gasteiger charge is -2.13. The van der Waals surface area contributed by atoms with E-state index in [2.05, 4.69) is 16.0 Å². The van der Waals surface area contributed by atoms with Gasteiger partial charge in [0, 0.05) is 11.4 Å². The van der Waals surface area contributed by atoms with Crippen molar-refractivity contribution in [2.45, 2.75) is 20.8 Å². The number of hydrogen-bond donors (Lipinski definition) is 3. The molecule has 0 atom stereocenters. The Hall–Kier alpha value is -4.92. The van der Waals surface area contributed by atoms with Gasteiger partial charge in [0.25, 0.3) is 11.8 Å². The number of ether oxygens (including phenoxy) is 1. The smallest absolute Gasteiger partial charge is 0.329 e. The average molecular weight is 513 g/mol. The molecule has 1 aliphatic rings. The number of nitrogens with one attached hydrogen (secondary N) is 3. The fourth-order valence-corrected chi connectivity index (χ4v) is 3.79. The second kappa shape index (κ2) is 11.4. The largest absolute Gasteiger partial charge is 0.484 e. The number of hydrogen-bond acceptors (Lipinski definition) is 5. The van der Waals surface area contributed by atoms with Crippen LogP contribution in [0.3, 0.4) is 0 Å². The molecule has 1 heterocycles. The minimum absolute atomic E-state index is 0.0309. The van der Waals surface area contributed by atoms with Crippen molar-refractivity contribution >= 4 is 41.2 Å². The van der Waals surface area contributed by atoms with Crippen LogP contribution < -0.4 is 20.7 Å². The molecule has 9 heteroatoms. The molecule has 3 aromatic rings. The van der Waals surface area contributed by atoms with E-state index in [1.54, 1.807) is 36.4 Å². The highest BCUT2D eigenvalue weighted by atomic mass is 16.5. The molecule has 0 aliphatic carbocycles. The van der Waals surface area contributed by atoms with E-state index in [-0.39, 0.29) is 18.2 Å². The number of aryl methyl sites for hydroxylation is 3. The van der Waals surface area contributed by atoms with Gasteiger partial charge in [-0.3, -0.25) is 14.4 Å². The van der Waals surface area contributed by atoms with Crippen molar-refractivity contribution in [2.24, 2.45) is 0 Å². The third-order valence-corrected chi connectivity index (χ3v) is 6.01. The van der Waals surface area contributed by atoms with Crippen LogP contribution in [0.5, 0.6) is 5.75 Å². The van der Waals surface area contributed by atoms with Gasteiger partial charge in [-0.1, -0.05) is 36.4 Å². The van der Waals surface area contributed by atoms with Gasteiger partial charge in [0.05, 0.1) is 0 Å². The fraction of sp³-hybridized carbons (Fsp3) is 0.172. The van der Waals surface area contributed by atoms with Crippen LogP contribution >= 0.6 is 0 Å². The van der Waals surface area contributed by atoms with E-state index in [0.717, 1.165) is 21.6 Å². The summed E-state index contributed by atoms with van der Waals surface area (Å²) in [6.45, 7) is 5.19. The lowest BCUT2D eigenvalue weighted by atomic mass is 10.1. The molecule has 0 unspecified atom stereocenters. The van der Waals surface area contributed by atoms with Gasteiger partial charge in [0.1, 0.15) is 18.0 Å². The fourth-order valence-electron chi connectivity index (χ4n) is 3.79. The van der Waals surface area contributed by atoms with Gasteiger partial charge in [-0.2, -0.15) is 0 Å². The normalized spacial score (nSPS) is 13.9. The lowest BCUT2D eigenvalue weighted by molar-refractivity contribution is -0.127. The molecule has 38 heavy (non-hydrogen) atoms. The molecule has 3 aromatic carbocycles. The Morgan fingerprint density at radius 3 is 2.42 bits per heavy atom. The van der Waals surface area contributed by atoms with E-state index in [0.29, 0.717) is 22.7 Å². The van der Waals surface area contributed by atoms with E-state index in [1.807, 2.05) is 51.1 Å². The van der Waals surface area contributed by atoms with Crippen molar-refractivity contribution in [3.8, 4) is 5.75 Å². The number of urea groups is 1. The molecule has 0 aromatic heterocycles. The van der Waals surface area contributed by atoms with Gasteiger partial charge in [-0.25, -0.2) is 9.69 Å². The van der Waals surface area contributed by atoms with Crippen molar-refractivity contribution in [3.63, 3.8) is 0 Å². The van der Waals surface area contributed by atoms with Gasteiger partial charge in [-0.05, 0) is 79.4 Å². The number of imide groups is 1. The van der Waals surface area contributed by atoms with E-state index in [4.69, 9.17) is 4.74 Å². The first-order chi connectivity index (χ1) is 18.2. The van der Waals surface area contributed by atoms with Crippen LogP contribution in [0, 0.1) is 20.8 Å². The van der Waals surface area contributed by atoms with Crippen LogP contribution in [0.25, 0.3) is 6.08 Å². The minimum atomic E-state index is -0.684. The van der Waals surface area contributed by atoms with E-state index >= 15 is 0 Å². The second-order valence-corrected chi connectivity index (χ2v) is 8.95. The molecular formula is C29H28N4O5. The molecule has 194 valence electrons. The molecule has 0 bridgehead atoms. The quantitative estimate of drug-likeness (QED) is 0.310. The highest BCUT2D eigenvalue weighted by molar-refractivity contribution is 6.16. The molecule has 0 radical (unpaired) electrons. The number of nitrogens with zero attached hydrogens (tertiary/aromatic N) is 1. The molecule has 0 spiro atoms. The molecule has 9 nitrogen and oxygen atoms in total. The second-order valence-electron chi connectivity index (χ2n) is 8.95. The Bertz CT molecular complexity index is 1450. The number of benzene rings is 3. The monoisotopic (exact) mass is 512 g/mol. The van der Waals surface area contributed by atoms with Crippen molar-refractivity contribution in [1.82, 2.24) is 10.2 Å². The average Bonchev–Trinajstić information content (AvgIpc) is 3.14. The SMILES string of the molecule is Cc1ccc(NC(=O)COc2cccc(/C=C3\NC(=O)N(CC(=O)Nc4ccccc4C)C3=O)c2)cc1C. The number of carbonyl (C=O) groups is 4. The number of para-hydroxylation sites is 1. The first kappa shape index (κ1) is 26.2. The summed E-state index contributed by atoms with van der Waals surface area (Å²) in [6, 6.07) is 18.9. The van der Waals surface area contributed by atoms with E-state index in [9.17, 15) is 19.2 Å². The molecule has 1 fully saturated rings. The zero-order valence-corrected chi connectivity index (χ0v) is 21.3. The van der Waals surface area contributed by atoms with Crippen LogP contribution in [0.4, 0.5) is 16.2 Å². The highest BCUT2D eigenvalue weighted by Crippen LogP contribution is 2.20. The van der Waals surface area contributed by atoms with Gasteiger partial charge in [0.15, 0.2) is 6.61 Å². The summed E-state index contributed by atoms with van der Waals surface area (Å²) >= 11 is 0. The van der Waals surface area contributed by atoms with Gasteiger partial charge in [0.2, 0.25) is 5.91 Å². The van der Waals surface area contributed by atoms with Crippen LogP contribution in [0.2, 0.25) is 0 Å². The van der Waals surface area contributed by atoms with E-state index < -0.39 is 24.4 Å². The zero-order valence-electron chi connectivity index (χ0n) is 21.3. The molecule has 0 saturated carbocycles. The third kappa shape index (κ3) is 6.44. The summed E-state index contributed by atoms with van der Waals surface area (Å²) in [7, 11) is 0. The van der Waals surface area contributed by atoms with Crippen molar-refractivity contribution in [2.75, 3.05) is 23.8 Å². The topological polar surface area (TPSA) is 117 Å². The molecule has 1 saturated heterocycles. The summed E-state index contributed by atoms with van der Waals surface area (Å²) in [5, 5.41) is 8.01. The minimum Gasteiger partial charge on any atom is -0.484 e. The Labute approximate surface area is 220 Å². The Morgan fingerprint density at radius 2 is 1.66 bits per heavy atom. The first-order valence-corrected chi connectivity index (χ1v) is 12.0. The Kier molecular flexibility index (Phi) is 7.86. The summed E-state index contributed by atoms with van der Waals surface area (Å²) in [4.78, 5) is 50.8. The van der Waals surface area contributed by atoms with Crippen LogP contribution in [0.1, 0.15) is 22.3 Å². The molecule has 4 rings (SSSR count). The maximum atomic E-state index is 12.8. The maximum absolute atomic E-state index is 12.8. The van der Waals surface area contributed by atoms with Crippen LogP contribution in [0.15, 0.2) is 72.4 Å².